The van der Waals surface area contributed by atoms with Gasteiger partial charge in [0.25, 0.3) is 0 Å². The van der Waals surface area contributed by atoms with Crippen molar-refractivity contribution in [3.8, 4) is 0 Å². The van der Waals surface area contributed by atoms with Gasteiger partial charge >= 0.3 is 6.18 Å². The Balaban J connectivity index is 2.12. The molecule has 1 unspecified atom stereocenters. The number of anilines is 1. The van der Waals surface area contributed by atoms with Crippen LogP contribution >= 0.6 is 0 Å². The Morgan fingerprint density at radius 3 is 2.65 bits per heavy atom. The second kappa shape index (κ2) is 4.52. The molecule has 94 valence electrons. The van der Waals surface area contributed by atoms with Gasteiger partial charge in [-0.2, -0.15) is 13.2 Å². The number of nitrogens with two attached hydrogens (primary N) is 1. The Morgan fingerprint density at radius 2 is 2.12 bits per heavy atom. The molecule has 1 atom stereocenters. The molecule has 2 N–H and O–H groups in total. The van der Waals surface area contributed by atoms with Crippen molar-refractivity contribution in [1.29, 1.82) is 0 Å². The van der Waals surface area contributed by atoms with Crippen LogP contribution < -0.4 is 10.6 Å². The number of alkyl halides is 3. The van der Waals surface area contributed by atoms with Gasteiger partial charge in [0.05, 0.1) is 11.9 Å². The molecule has 1 aliphatic rings. The molecular formula is C11H14F3N3. The van der Waals surface area contributed by atoms with E-state index in [2.05, 4.69) is 4.98 Å². The molecule has 1 fully saturated rings. The van der Waals surface area contributed by atoms with Crippen LogP contribution in [-0.4, -0.2) is 24.1 Å². The van der Waals surface area contributed by atoms with Crippen molar-refractivity contribution in [2.24, 2.45) is 5.73 Å². The van der Waals surface area contributed by atoms with Crippen molar-refractivity contribution in [2.45, 2.75) is 25.1 Å². The number of nitrogens with zero attached hydrogens (tertiary/aromatic N) is 2. The summed E-state index contributed by atoms with van der Waals surface area (Å²) in [6, 6.07) is 2.55. The fourth-order valence-electron chi connectivity index (χ4n) is 1.99. The highest BCUT2D eigenvalue weighted by atomic mass is 19.4. The minimum atomic E-state index is -4.38. The van der Waals surface area contributed by atoms with Crippen LogP contribution in [-0.2, 0) is 6.18 Å². The smallest absolute Gasteiger partial charge is 0.369 e. The fraction of sp³-hybridized carbons (Fsp3) is 0.545. The lowest BCUT2D eigenvalue weighted by Crippen LogP contribution is -2.42. The summed E-state index contributed by atoms with van der Waals surface area (Å²) in [6.45, 7) is 1.49. The van der Waals surface area contributed by atoms with Gasteiger partial charge in [-0.25, -0.2) is 4.98 Å². The third kappa shape index (κ3) is 2.88. The maximum Gasteiger partial charge on any atom is 0.433 e. The van der Waals surface area contributed by atoms with E-state index in [9.17, 15) is 13.2 Å². The van der Waals surface area contributed by atoms with Crippen LogP contribution in [0.5, 0.6) is 0 Å². The molecule has 6 heteroatoms. The predicted octanol–water partition coefficient (Wildman–Crippen LogP) is 2.03. The summed E-state index contributed by atoms with van der Waals surface area (Å²) in [5.41, 5.74) is 5.66. The van der Waals surface area contributed by atoms with Crippen LogP contribution in [0, 0.1) is 0 Å². The number of aromatic nitrogens is 1. The number of hydrogen-bond acceptors (Lipinski definition) is 3. The van der Waals surface area contributed by atoms with Crippen LogP contribution in [0.3, 0.4) is 0 Å². The van der Waals surface area contributed by atoms with E-state index in [1.807, 2.05) is 4.90 Å². The van der Waals surface area contributed by atoms with Crippen LogP contribution in [0.25, 0.3) is 0 Å². The first-order chi connectivity index (χ1) is 7.97. The molecule has 0 amide bonds. The van der Waals surface area contributed by atoms with E-state index in [1.165, 1.54) is 12.3 Å². The zero-order chi connectivity index (χ0) is 12.5. The minimum absolute atomic E-state index is 0.0889. The number of hydrogen-bond donors (Lipinski definition) is 1. The quantitative estimate of drug-likeness (QED) is 0.823. The topological polar surface area (TPSA) is 42.1 Å². The summed E-state index contributed by atoms with van der Waals surface area (Å²) in [7, 11) is 0. The van der Waals surface area contributed by atoms with E-state index in [0.29, 0.717) is 12.2 Å². The van der Waals surface area contributed by atoms with Crippen LogP contribution in [0.4, 0.5) is 18.9 Å². The van der Waals surface area contributed by atoms with Gasteiger partial charge in [0.15, 0.2) is 0 Å². The summed E-state index contributed by atoms with van der Waals surface area (Å²) in [4.78, 5) is 5.42. The van der Waals surface area contributed by atoms with E-state index in [1.54, 1.807) is 0 Å². The van der Waals surface area contributed by atoms with Crippen molar-refractivity contribution >= 4 is 5.69 Å². The molecule has 3 nitrogen and oxygen atoms in total. The van der Waals surface area contributed by atoms with Crippen LogP contribution in [0.1, 0.15) is 18.5 Å². The Hall–Kier alpha value is -1.30. The van der Waals surface area contributed by atoms with Crippen molar-refractivity contribution in [1.82, 2.24) is 4.98 Å². The molecule has 2 rings (SSSR count). The van der Waals surface area contributed by atoms with E-state index in [4.69, 9.17) is 5.73 Å². The molecule has 0 spiro atoms. The van der Waals surface area contributed by atoms with Crippen molar-refractivity contribution in [3.63, 3.8) is 0 Å². The highest BCUT2D eigenvalue weighted by Gasteiger charge is 2.32. The lowest BCUT2D eigenvalue weighted by molar-refractivity contribution is -0.141. The summed E-state index contributed by atoms with van der Waals surface area (Å²) < 4.78 is 37.0. The van der Waals surface area contributed by atoms with Gasteiger partial charge in [0, 0.05) is 19.1 Å². The van der Waals surface area contributed by atoms with E-state index in [0.717, 1.165) is 25.5 Å². The number of piperidine rings is 1. The highest BCUT2D eigenvalue weighted by Crippen LogP contribution is 2.28. The maximum atomic E-state index is 12.3. The monoisotopic (exact) mass is 245 g/mol. The van der Waals surface area contributed by atoms with E-state index in [-0.39, 0.29) is 6.04 Å². The van der Waals surface area contributed by atoms with Gasteiger partial charge < -0.3 is 10.6 Å². The number of halogens is 3. The van der Waals surface area contributed by atoms with Crippen LogP contribution in [0.2, 0.25) is 0 Å². The average molecular weight is 245 g/mol. The molecule has 0 aliphatic carbocycles. The molecular weight excluding hydrogens is 231 g/mol. The van der Waals surface area contributed by atoms with Gasteiger partial charge in [-0.05, 0) is 25.0 Å². The molecule has 1 aliphatic heterocycles. The van der Waals surface area contributed by atoms with Gasteiger partial charge in [-0.1, -0.05) is 0 Å². The molecule has 1 aromatic heterocycles. The Labute approximate surface area is 97.4 Å². The Bertz CT molecular complexity index is 375. The predicted molar refractivity (Wildman–Crippen MR) is 58.7 cm³/mol. The van der Waals surface area contributed by atoms with Crippen molar-refractivity contribution in [2.75, 3.05) is 18.0 Å². The Morgan fingerprint density at radius 1 is 1.35 bits per heavy atom. The largest absolute Gasteiger partial charge is 0.433 e. The number of rotatable bonds is 1. The third-order valence-corrected chi connectivity index (χ3v) is 2.86. The van der Waals surface area contributed by atoms with Gasteiger partial charge in [-0.3, -0.25) is 0 Å². The maximum absolute atomic E-state index is 12.3. The summed E-state index contributed by atoms with van der Waals surface area (Å²) in [6.07, 6.45) is -1.19. The first kappa shape index (κ1) is 12.2. The molecule has 1 saturated heterocycles. The number of pyridine rings is 1. The van der Waals surface area contributed by atoms with Gasteiger partial charge in [0.2, 0.25) is 0 Å². The van der Waals surface area contributed by atoms with E-state index >= 15 is 0 Å². The fourth-order valence-corrected chi connectivity index (χ4v) is 1.99. The molecule has 0 aromatic carbocycles. The van der Waals surface area contributed by atoms with Gasteiger partial charge in [0.1, 0.15) is 5.69 Å². The molecule has 2 heterocycles. The summed E-state index contributed by atoms with van der Waals surface area (Å²) in [5.74, 6) is 0. The Kier molecular flexibility index (Phi) is 3.24. The van der Waals surface area contributed by atoms with E-state index < -0.39 is 11.9 Å². The van der Waals surface area contributed by atoms with Crippen molar-refractivity contribution in [3.05, 3.63) is 24.0 Å². The molecule has 1 aromatic rings. The zero-order valence-corrected chi connectivity index (χ0v) is 9.24. The standard InChI is InChI=1S/C11H14F3N3/c12-11(13,14)10-4-3-9(6-16-10)17-5-1-2-8(15)7-17/h3-4,6,8H,1-2,5,7,15H2. The normalized spacial score (nSPS) is 21.6. The molecule has 17 heavy (non-hydrogen) atoms. The SMILES string of the molecule is NC1CCCN(c2ccc(C(F)(F)F)nc2)C1. The van der Waals surface area contributed by atoms with Crippen LogP contribution in [0.15, 0.2) is 18.3 Å². The summed E-state index contributed by atoms with van der Waals surface area (Å²) in [5, 5.41) is 0. The molecule has 0 radical (unpaired) electrons. The first-order valence-corrected chi connectivity index (χ1v) is 5.50. The third-order valence-electron chi connectivity index (χ3n) is 2.86. The molecule has 0 saturated carbocycles. The summed E-state index contributed by atoms with van der Waals surface area (Å²) >= 11 is 0. The average Bonchev–Trinajstić information content (AvgIpc) is 2.28. The molecule has 0 bridgehead atoms. The first-order valence-electron chi connectivity index (χ1n) is 5.50. The minimum Gasteiger partial charge on any atom is -0.369 e. The van der Waals surface area contributed by atoms with Crippen molar-refractivity contribution < 1.29 is 13.2 Å². The second-order valence-corrected chi connectivity index (χ2v) is 4.25. The zero-order valence-electron chi connectivity index (χ0n) is 9.24. The highest BCUT2D eigenvalue weighted by molar-refractivity contribution is 5.45. The second-order valence-electron chi connectivity index (χ2n) is 4.25. The lowest BCUT2D eigenvalue weighted by atomic mass is 10.1. The lowest BCUT2D eigenvalue weighted by Gasteiger charge is -2.32. The van der Waals surface area contributed by atoms with Gasteiger partial charge in [-0.15, -0.1) is 0 Å².